The second-order valence-electron chi connectivity index (χ2n) is 6.61. The van der Waals surface area contributed by atoms with Crippen LogP contribution in [-0.2, 0) is 19.1 Å². The summed E-state index contributed by atoms with van der Waals surface area (Å²) >= 11 is 0. The number of piperidine rings is 1. The normalized spacial score (nSPS) is 26.2. The molecule has 25 heavy (non-hydrogen) atoms. The molecule has 0 spiro atoms. The van der Waals surface area contributed by atoms with Gasteiger partial charge in [0.2, 0.25) is 12.0 Å². The number of primary amides is 1. The number of benzene rings is 1. The van der Waals surface area contributed by atoms with Gasteiger partial charge < -0.3 is 20.1 Å². The first-order valence-electron chi connectivity index (χ1n) is 8.50. The van der Waals surface area contributed by atoms with Crippen molar-refractivity contribution >= 4 is 23.5 Å². The summed E-state index contributed by atoms with van der Waals surface area (Å²) in [5.41, 5.74) is 6.71. The Morgan fingerprint density at radius 2 is 2.00 bits per heavy atom. The standard InChI is InChI=1S/C18H22N2O5/c1-11-9-15(18(23)24-11)25-17(22)12-4-6-14(7-5-12)20-8-2-3-13(10-20)16(19)21/h4-7,11,13,15H,2-3,8-10H2,1H3,(H2,19,21)/t11-,13+,15+/m1/s1. The zero-order valence-electron chi connectivity index (χ0n) is 14.1. The van der Waals surface area contributed by atoms with E-state index in [-0.39, 0.29) is 17.9 Å². The van der Waals surface area contributed by atoms with E-state index in [2.05, 4.69) is 4.90 Å². The molecule has 2 saturated heterocycles. The number of hydrogen-bond donors (Lipinski definition) is 1. The van der Waals surface area contributed by atoms with Crippen LogP contribution >= 0.6 is 0 Å². The van der Waals surface area contributed by atoms with Gasteiger partial charge in [-0.25, -0.2) is 9.59 Å². The average Bonchev–Trinajstić information content (AvgIpc) is 2.92. The van der Waals surface area contributed by atoms with Crippen LogP contribution in [0.15, 0.2) is 24.3 Å². The van der Waals surface area contributed by atoms with E-state index in [1.54, 1.807) is 19.1 Å². The Kier molecular flexibility index (Phi) is 4.92. The summed E-state index contributed by atoms with van der Waals surface area (Å²) in [5.74, 6) is -1.46. The lowest BCUT2D eigenvalue weighted by Crippen LogP contribution is -2.41. The Labute approximate surface area is 146 Å². The second kappa shape index (κ2) is 7.13. The topological polar surface area (TPSA) is 98.9 Å². The first kappa shape index (κ1) is 17.3. The number of nitrogens with two attached hydrogens (primary N) is 1. The SMILES string of the molecule is C[C@@H]1C[C@H](OC(=O)c2ccc(N3CCC[C@H](C(N)=O)C3)cc2)C(=O)O1. The maximum atomic E-state index is 12.2. The summed E-state index contributed by atoms with van der Waals surface area (Å²) in [5, 5.41) is 0. The van der Waals surface area contributed by atoms with E-state index in [1.807, 2.05) is 12.1 Å². The van der Waals surface area contributed by atoms with Crippen molar-refractivity contribution in [3.8, 4) is 0 Å². The Hall–Kier alpha value is -2.57. The van der Waals surface area contributed by atoms with Crippen LogP contribution in [-0.4, -0.2) is 43.1 Å². The molecule has 134 valence electrons. The fourth-order valence-corrected chi connectivity index (χ4v) is 3.27. The van der Waals surface area contributed by atoms with Gasteiger partial charge in [0, 0.05) is 25.2 Å². The minimum Gasteiger partial charge on any atom is -0.460 e. The third kappa shape index (κ3) is 3.92. The molecule has 2 aliphatic heterocycles. The molecule has 1 aromatic carbocycles. The number of cyclic esters (lactones) is 1. The van der Waals surface area contributed by atoms with Crippen LogP contribution in [0.2, 0.25) is 0 Å². The maximum absolute atomic E-state index is 12.2. The van der Waals surface area contributed by atoms with Crippen LogP contribution in [0.4, 0.5) is 5.69 Å². The zero-order valence-corrected chi connectivity index (χ0v) is 14.1. The van der Waals surface area contributed by atoms with Gasteiger partial charge in [0.15, 0.2) is 0 Å². The molecule has 0 saturated carbocycles. The maximum Gasteiger partial charge on any atom is 0.347 e. The van der Waals surface area contributed by atoms with Crippen molar-refractivity contribution in [2.75, 3.05) is 18.0 Å². The largest absolute Gasteiger partial charge is 0.460 e. The Morgan fingerprint density at radius 3 is 2.60 bits per heavy atom. The minimum absolute atomic E-state index is 0.145. The fraction of sp³-hybridized carbons (Fsp3) is 0.500. The van der Waals surface area contributed by atoms with Crippen LogP contribution in [0.5, 0.6) is 0 Å². The molecule has 2 fully saturated rings. The molecule has 7 nitrogen and oxygen atoms in total. The van der Waals surface area contributed by atoms with E-state index in [9.17, 15) is 14.4 Å². The van der Waals surface area contributed by atoms with Crippen LogP contribution in [0.25, 0.3) is 0 Å². The van der Waals surface area contributed by atoms with Crippen LogP contribution in [0, 0.1) is 5.92 Å². The highest BCUT2D eigenvalue weighted by Crippen LogP contribution is 2.24. The molecule has 3 rings (SSSR count). The van der Waals surface area contributed by atoms with Crippen molar-refractivity contribution in [2.45, 2.75) is 38.4 Å². The van der Waals surface area contributed by atoms with Crippen molar-refractivity contribution < 1.29 is 23.9 Å². The van der Waals surface area contributed by atoms with Gasteiger partial charge in [0.1, 0.15) is 6.10 Å². The van der Waals surface area contributed by atoms with Gasteiger partial charge in [-0.05, 0) is 44.0 Å². The van der Waals surface area contributed by atoms with Gasteiger partial charge in [-0.15, -0.1) is 0 Å². The van der Waals surface area contributed by atoms with Gasteiger partial charge >= 0.3 is 11.9 Å². The van der Waals surface area contributed by atoms with Crippen LogP contribution in [0.3, 0.4) is 0 Å². The van der Waals surface area contributed by atoms with Crippen molar-refractivity contribution in [1.29, 1.82) is 0 Å². The number of rotatable bonds is 4. The third-order valence-corrected chi connectivity index (χ3v) is 4.67. The van der Waals surface area contributed by atoms with Crippen molar-refractivity contribution in [1.82, 2.24) is 0 Å². The Bertz CT molecular complexity index is 673. The molecular weight excluding hydrogens is 324 g/mol. The van der Waals surface area contributed by atoms with Gasteiger partial charge in [-0.2, -0.15) is 0 Å². The number of carbonyl (C=O) groups excluding carboxylic acids is 3. The molecule has 0 aromatic heterocycles. The summed E-state index contributed by atoms with van der Waals surface area (Å²) in [4.78, 5) is 37.2. The van der Waals surface area contributed by atoms with Crippen molar-refractivity contribution in [3.63, 3.8) is 0 Å². The monoisotopic (exact) mass is 346 g/mol. The third-order valence-electron chi connectivity index (χ3n) is 4.67. The number of anilines is 1. The van der Waals surface area contributed by atoms with Gasteiger partial charge in [0.25, 0.3) is 0 Å². The summed E-state index contributed by atoms with van der Waals surface area (Å²) in [7, 11) is 0. The number of carbonyl (C=O) groups is 3. The average molecular weight is 346 g/mol. The Morgan fingerprint density at radius 1 is 1.28 bits per heavy atom. The lowest BCUT2D eigenvalue weighted by Gasteiger charge is -2.33. The highest BCUT2D eigenvalue weighted by Gasteiger charge is 2.35. The number of amides is 1. The molecule has 1 amide bonds. The van der Waals surface area contributed by atoms with E-state index in [4.69, 9.17) is 15.2 Å². The first-order valence-corrected chi connectivity index (χ1v) is 8.50. The fourth-order valence-electron chi connectivity index (χ4n) is 3.27. The summed E-state index contributed by atoms with van der Waals surface area (Å²) in [6.07, 6.45) is 1.03. The Balaban J connectivity index is 1.63. The molecule has 0 aliphatic carbocycles. The number of esters is 2. The molecule has 1 aromatic rings. The summed E-state index contributed by atoms with van der Waals surface area (Å²) in [6, 6.07) is 6.95. The number of hydrogen-bond acceptors (Lipinski definition) is 6. The highest BCUT2D eigenvalue weighted by atomic mass is 16.6. The lowest BCUT2D eigenvalue weighted by molar-refractivity contribution is -0.147. The van der Waals surface area contributed by atoms with Crippen LogP contribution < -0.4 is 10.6 Å². The smallest absolute Gasteiger partial charge is 0.347 e. The summed E-state index contributed by atoms with van der Waals surface area (Å²) in [6.45, 7) is 3.20. The van der Waals surface area contributed by atoms with E-state index in [0.717, 1.165) is 25.1 Å². The van der Waals surface area contributed by atoms with E-state index < -0.39 is 18.0 Å². The van der Waals surface area contributed by atoms with E-state index >= 15 is 0 Å². The number of ether oxygens (including phenoxy) is 2. The van der Waals surface area contributed by atoms with Crippen LogP contribution in [0.1, 0.15) is 36.5 Å². The van der Waals surface area contributed by atoms with Gasteiger partial charge in [-0.3, -0.25) is 4.79 Å². The van der Waals surface area contributed by atoms with Gasteiger partial charge in [-0.1, -0.05) is 0 Å². The zero-order chi connectivity index (χ0) is 18.0. The predicted molar refractivity (Wildman–Crippen MR) is 89.9 cm³/mol. The predicted octanol–water partition coefficient (Wildman–Crippen LogP) is 1.25. The van der Waals surface area contributed by atoms with Crippen molar-refractivity contribution in [2.24, 2.45) is 11.7 Å². The molecule has 2 heterocycles. The minimum atomic E-state index is -0.833. The summed E-state index contributed by atoms with van der Waals surface area (Å²) < 4.78 is 10.2. The van der Waals surface area contributed by atoms with E-state index in [0.29, 0.717) is 18.5 Å². The molecule has 0 unspecified atom stereocenters. The quantitative estimate of drug-likeness (QED) is 0.824. The highest BCUT2D eigenvalue weighted by molar-refractivity contribution is 5.92. The van der Waals surface area contributed by atoms with Gasteiger partial charge in [0.05, 0.1) is 11.5 Å². The molecule has 0 bridgehead atoms. The molecule has 0 radical (unpaired) electrons. The molecule has 2 N–H and O–H groups in total. The first-order chi connectivity index (χ1) is 11.9. The second-order valence-corrected chi connectivity index (χ2v) is 6.61. The van der Waals surface area contributed by atoms with E-state index in [1.165, 1.54) is 0 Å². The molecule has 7 heteroatoms. The van der Waals surface area contributed by atoms with Crippen molar-refractivity contribution in [3.05, 3.63) is 29.8 Å². The molecule has 2 aliphatic rings. The molecular formula is C18H22N2O5. The molecule has 3 atom stereocenters. The number of nitrogens with zero attached hydrogens (tertiary/aromatic N) is 1. The lowest BCUT2D eigenvalue weighted by atomic mass is 9.97.